The highest BCUT2D eigenvalue weighted by Gasteiger charge is 2.38. The summed E-state index contributed by atoms with van der Waals surface area (Å²) in [5, 5.41) is 0. The van der Waals surface area contributed by atoms with Gasteiger partial charge in [-0.2, -0.15) is 0 Å². The summed E-state index contributed by atoms with van der Waals surface area (Å²) in [7, 11) is 1.67. The van der Waals surface area contributed by atoms with Crippen molar-refractivity contribution in [3.63, 3.8) is 0 Å². The van der Waals surface area contributed by atoms with Crippen LogP contribution in [0.15, 0.2) is 24.3 Å². The predicted octanol–water partition coefficient (Wildman–Crippen LogP) is 2.48. The highest BCUT2D eigenvalue weighted by Crippen LogP contribution is 2.31. The zero-order valence-corrected chi connectivity index (χ0v) is 15.2. The highest BCUT2D eigenvalue weighted by molar-refractivity contribution is 5.94. The zero-order chi connectivity index (χ0) is 17.8. The fraction of sp³-hybridized carbons (Fsp3) is 0.600. The van der Waals surface area contributed by atoms with Crippen molar-refractivity contribution in [1.82, 2.24) is 9.80 Å². The fourth-order valence-electron chi connectivity index (χ4n) is 4.18. The third-order valence-electron chi connectivity index (χ3n) is 5.47. The quantitative estimate of drug-likeness (QED) is 0.843. The third-order valence-corrected chi connectivity index (χ3v) is 5.47. The van der Waals surface area contributed by atoms with E-state index >= 15 is 0 Å². The second kappa shape index (κ2) is 8.00. The monoisotopic (exact) mass is 344 g/mol. The van der Waals surface area contributed by atoms with E-state index in [0.29, 0.717) is 32.0 Å². The Morgan fingerprint density at radius 1 is 1.32 bits per heavy atom. The van der Waals surface area contributed by atoms with Crippen molar-refractivity contribution >= 4 is 11.8 Å². The van der Waals surface area contributed by atoms with Gasteiger partial charge >= 0.3 is 0 Å². The second-order valence-electron chi connectivity index (χ2n) is 7.21. The van der Waals surface area contributed by atoms with Crippen LogP contribution in [0, 0.1) is 12.8 Å². The van der Waals surface area contributed by atoms with Gasteiger partial charge in [0.15, 0.2) is 0 Å². The Bertz CT molecular complexity index is 631. The van der Waals surface area contributed by atoms with Crippen molar-refractivity contribution in [3.8, 4) is 0 Å². The lowest BCUT2D eigenvalue weighted by Gasteiger charge is -2.42. The van der Waals surface area contributed by atoms with Crippen molar-refractivity contribution < 1.29 is 14.3 Å². The molecule has 2 aliphatic rings. The number of nitrogens with zero attached hydrogens (tertiary/aromatic N) is 2. The Morgan fingerprint density at radius 3 is 2.92 bits per heavy atom. The molecular formula is C20H28N2O3. The molecule has 25 heavy (non-hydrogen) atoms. The van der Waals surface area contributed by atoms with Crippen LogP contribution in [0.5, 0.6) is 0 Å². The van der Waals surface area contributed by atoms with E-state index in [1.54, 1.807) is 7.11 Å². The molecule has 2 aliphatic heterocycles. The average molecular weight is 344 g/mol. The molecule has 0 radical (unpaired) electrons. The molecule has 0 unspecified atom stereocenters. The molecule has 2 saturated heterocycles. The van der Waals surface area contributed by atoms with Gasteiger partial charge in [-0.15, -0.1) is 0 Å². The molecule has 2 heterocycles. The normalized spacial score (nSPS) is 24.0. The Morgan fingerprint density at radius 2 is 2.16 bits per heavy atom. The molecule has 5 heteroatoms. The molecule has 136 valence electrons. The van der Waals surface area contributed by atoms with Crippen molar-refractivity contribution in [2.75, 3.05) is 33.4 Å². The van der Waals surface area contributed by atoms with Gasteiger partial charge in [0.05, 0.1) is 6.61 Å². The summed E-state index contributed by atoms with van der Waals surface area (Å²) in [6.07, 6.45) is 3.40. The molecule has 0 saturated carbocycles. The van der Waals surface area contributed by atoms with Crippen LogP contribution >= 0.6 is 0 Å². The molecule has 0 bridgehead atoms. The number of methoxy groups -OCH3 is 1. The van der Waals surface area contributed by atoms with Crippen LogP contribution in [0.1, 0.15) is 41.6 Å². The molecular weight excluding hydrogens is 316 g/mol. The Labute approximate surface area is 149 Å². The minimum Gasteiger partial charge on any atom is -0.383 e. The molecule has 3 rings (SSSR count). The fourth-order valence-corrected chi connectivity index (χ4v) is 4.18. The summed E-state index contributed by atoms with van der Waals surface area (Å²) < 4.78 is 5.18. The number of ether oxygens (including phenoxy) is 1. The molecule has 0 aromatic heterocycles. The molecule has 2 amide bonds. The number of likely N-dealkylation sites (tertiary alicyclic amines) is 2. The van der Waals surface area contributed by atoms with Gasteiger partial charge in [-0.05, 0) is 44.2 Å². The first-order valence-electron chi connectivity index (χ1n) is 9.24. The van der Waals surface area contributed by atoms with Gasteiger partial charge in [-0.25, -0.2) is 0 Å². The van der Waals surface area contributed by atoms with Gasteiger partial charge < -0.3 is 14.5 Å². The molecule has 5 nitrogen and oxygen atoms in total. The van der Waals surface area contributed by atoms with Gasteiger partial charge in [0.25, 0.3) is 5.91 Å². The lowest BCUT2D eigenvalue weighted by molar-refractivity contribution is -0.135. The van der Waals surface area contributed by atoms with E-state index in [4.69, 9.17) is 4.74 Å². The lowest BCUT2D eigenvalue weighted by Crippen LogP contribution is -2.53. The minimum absolute atomic E-state index is 0.112. The number of rotatable bonds is 4. The average Bonchev–Trinajstić information content (AvgIpc) is 2.77. The summed E-state index contributed by atoms with van der Waals surface area (Å²) in [5.74, 6) is 0.718. The van der Waals surface area contributed by atoms with Crippen molar-refractivity contribution in [2.45, 2.75) is 38.6 Å². The van der Waals surface area contributed by atoms with Crippen LogP contribution in [-0.2, 0) is 9.53 Å². The first-order chi connectivity index (χ1) is 12.1. The molecule has 2 fully saturated rings. The molecule has 0 spiro atoms. The van der Waals surface area contributed by atoms with E-state index in [-0.39, 0.29) is 17.9 Å². The third kappa shape index (κ3) is 4.03. The van der Waals surface area contributed by atoms with Gasteiger partial charge in [0, 0.05) is 44.8 Å². The summed E-state index contributed by atoms with van der Waals surface area (Å²) in [5.41, 5.74) is 1.87. The van der Waals surface area contributed by atoms with Crippen LogP contribution in [0.2, 0.25) is 0 Å². The number of hydrogen-bond acceptors (Lipinski definition) is 3. The summed E-state index contributed by atoms with van der Waals surface area (Å²) in [6, 6.07) is 8.03. The van der Waals surface area contributed by atoms with E-state index in [9.17, 15) is 9.59 Å². The van der Waals surface area contributed by atoms with Crippen LogP contribution < -0.4 is 0 Å². The smallest absolute Gasteiger partial charge is 0.253 e. The van der Waals surface area contributed by atoms with E-state index in [1.165, 1.54) is 0 Å². The number of fused-ring (bicyclic) bond motifs is 1. The van der Waals surface area contributed by atoms with Gasteiger partial charge in [0.1, 0.15) is 0 Å². The SMILES string of the molecule is COCCN1C(=O)CCC[C@H]2CN(C(=O)c3cccc(C)c3)CC[C@H]21. The lowest BCUT2D eigenvalue weighted by atomic mass is 9.88. The Balaban J connectivity index is 1.71. The first kappa shape index (κ1) is 17.9. The van der Waals surface area contributed by atoms with Crippen LogP contribution in [0.25, 0.3) is 0 Å². The maximum absolute atomic E-state index is 12.9. The minimum atomic E-state index is 0.112. The van der Waals surface area contributed by atoms with E-state index in [0.717, 1.165) is 36.9 Å². The summed E-state index contributed by atoms with van der Waals surface area (Å²) in [4.78, 5) is 29.3. The highest BCUT2D eigenvalue weighted by atomic mass is 16.5. The maximum atomic E-state index is 12.9. The predicted molar refractivity (Wildman–Crippen MR) is 96.4 cm³/mol. The number of benzene rings is 1. The molecule has 1 aromatic carbocycles. The number of aryl methyl sites for hydroxylation is 1. The molecule has 0 N–H and O–H groups in total. The first-order valence-corrected chi connectivity index (χ1v) is 9.24. The van der Waals surface area contributed by atoms with E-state index in [1.807, 2.05) is 41.0 Å². The maximum Gasteiger partial charge on any atom is 0.253 e. The van der Waals surface area contributed by atoms with Crippen molar-refractivity contribution in [2.24, 2.45) is 5.92 Å². The van der Waals surface area contributed by atoms with Crippen LogP contribution in [0.4, 0.5) is 0 Å². The second-order valence-corrected chi connectivity index (χ2v) is 7.21. The number of carbonyl (C=O) groups is 2. The summed E-state index contributed by atoms with van der Waals surface area (Å²) >= 11 is 0. The Kier molecular flexibility index (Phi) is 5.74. The molecule has 0 aliphatic carbocycles. The van der Waals surface area contributed by atoms with Gasteiger partial charge in [-0.1, -0.05) is 17.7 Å². The number of amides is 2. The van der Waals surface area contributed by atoms with Crippen molar-refractivity contribution in [1.29, 1.82) is 0 Å². The van der Waals surface area contributed by atoms with Gasteiger partial charge in [-0.3, -0.25) is 9.59 Å². The van der Waals surface area contributed by atoms with Crippen LogP contribution in [-0.4, -0.2) is 61.0 Å². The van der Waals surface area contributed by atoms with E-state index in [2.05, 4.69) is 0 Å². The van der Waals surface area contributed by atoms with Crippen molar-refractivity contribution in [3.05, 3.63) is 35.4 Å². The molecule has 1 aromatic rings. The number of hydrogen-bond donors (Lipinski definition) is 0. The largest absolute Gasteiger partial charge is 0.383 e. The molecule has 2 atom stereocenters. The number of carbonyl (C=O) groups excluding carboxylic acids is 2. The topological polar surface area (TPSA) is 49.9 Å². The Hall–Kier alpha value is -1.88. The summed E-state index contributed by atoms with van der Waals surface area (Å²) in [6.45, 7) is 4.69. The standard InChI is InChI=1S/C20H28N2O3/c1-15-5-3-6-16(13-15)20(24)21-10-9-18-17(14-21)7-4-8-19(23)22(18)11-12-25-2/h3,5-6,13,17-18H,4,7-12,14H2,1-2H3/t17-,18+/m0/s1. The van der Waals surface area contributed by atoms with E-state index < -0.39 is 0 Å². The zero-order valence-electron chi connectivity index (χ0n) is 15.2. The van der Waals surface area contributed by atoms with Crippen LogP contribution in [0.3, 0.4) is 0 Å². The van der Waals surface area contributed by atoms with Gasteiger partial charge in [0.2, 0.25) is 5.91 Å². The number of piperidine rings is 1.